The Balaban J connectivity index is 2.22. The summed E-state index contributed by atoms with van der Waals surface area (Å²) >= 11 is 3.43. The van der Waals surface area contributed by atoms with Gasteiger partial charge in [-0.25, -0.2) is 0 Å². The van der Waals surface area contributed by atoms with Gasteiger partial charge >= 0.3 is 0 Å². The maximum absolute atomic E-state index is 6.15. The molecule has 15 heavy (non-hydrogen) atoms. The highest BCUT2D eigenvalue weighted by atomic mass is 32.2. The smallest absolute Gasteiger partial charge is 0.0559 e. The maximum Gasteiger partial charge on any atom is 0.0559 e. The minimum absolute atomic E-state index is 0.00663. The van der Waals surface area contributed by atoms with E-state index in [0.29, 0.717) is 0 Å². The molecule has 0 aliphatic heterocycles. The number of thioether (sulfide) groups is 1. The van der Waals surface area contributed by atoms with Crippen molar-refractivity contribution in [1.82, 2.24) is 0 Å². The second-order valence-electron chi connectivity index (χ2n) is 3.31. The molecular weight excluding hydrogens is 222 g/mol. The molecule has 0 unspecified atom stereocenters. The van der Waals surface area contributed by atoms with Crippen LogP contribution in [0.3, 0.4) is 0 Å². The van der Waals surface area contributed by atoms with Gasteiger partial charge < -0.3 is 5.73 Å². The lowest BCUT2D eigenvalue weighted by Crippen LogP contribution is -2.10. The van der Waals surface area contributed by atoms with E-state index in [0.717, 1.165) is 0 Å². The van der Waals surface area contributed by atoms with Gasteiger partial charge in [0.15, 0.2) is 0 Å². The highest BCUT2D eigenvalue weighted by Gasteiger charge is 2.08. The Hall–Kier alpha value is -0.770. The monoisotopic (exact) mass is 235 g/mol. The van der Waals surface area contributed by atoms with Crippen LogP contribution in [0.25, 0.3) is 0 Å². The standard InChI is InChI=1S/C12H13NS2/c1-14-11-4-2-9(3-5-11)12(13)10-6-7-15-8-10/h2-8,12H,13H2,1H3/t12-/m0/s1. The van der Waals surface area contributed by atoms with Crippen LogP contribution in [0.4, 0.5) is 0 Å². The van der Waals surface area contributed by atoms with Crippen LogP contribution in [0.15, 0.2) is 46.0 Å². The topological polar surface area (TPSA) is 26.0 Å². The fraction of sp³-hybridized carbons (Fsp3) is 0.167. The largest absolute Gasteiger partial charge is 0.320 e. The van der Waals surface area contributed by atoms with Gasteiger partial charge in [0.2, 0.25) is 0 Å². The van der Waals surface area contributed by atoms with E-state index in [1.165, 1.54) is 16.0 Å². The fourth-order valence-corrected chi connectivity index (χ4v) is 2.56. The van der Waals surface area contributed by atoms with Gasteiger partial charge in [-0.2, -0.15) is 11.3 Å². The molecule has 78 valence electrons. The van der Waals surface area contributed by atoms with Crippen molar-refractivity contribution in [2.45, 2.75) is 10.9 Å². The molecule has 2 N–H and O–H groups in total. The van der Waals surface area contributed by atoms with Crippen LogP contribution in [0.1, 0.15) is 17.2 Å². The fourth-order valence-electron chi connectivity index (χ4n) is 1.46. The predicted octanol–water partition coefficient (Wildman–Crippen LogP) is 3.52. The number of nitrogens with two attached hydrogens (primary N) is 1. The summed E-state index contributed by atoms with van der Waals surface area (Å²) in [5.41, 5.74) is 8.52. The summed E-state index contributed by atoms with van der Waals surface area (Å²) in [6.45, 7) is 0. The molecule has 0 radical (unpaired) electrons. The van der Waals surface area contributed by atoms with Crippen LogP contribution in [0.2, 0.25) is 0 Å². The molecule has 1 heterocycles. The summed E-state index contributed by atoms with van der Waals surface area (Å²) in [4.78, 5) is 1.27. The van der Waals surface area contributed by atoms with E-state index in [9.17, 15) is 0 Å². The van der Waals surface area contributed by atoms with E-state index in [4.69, 9.17) is 5.73 Å². The zero-order chi connectivity index (χ0) is 10.7. The third kappa shape index (κ3) is 2.43. The van der Waals surface area contributed by atoms with E-state index >= 15 is 0 Å². The van der Waals surface area contributed by atoms with E-state index in [1.54, 1.807) is 23.1 Å². The molecule has 2 aromatic rings. The molecule has 0 saturated heterocycles. The van der Waals surface area contributed by atoms with Gasteiger partial charge in [-0.3, -0.25) is 0 Å². The second-order valence-corrected chi connectivity index (χ2v) is 4.97. The van der Waals surface area contributed by atoms with Crippen molar-refractivity contribution in [3.05, 3.63) is 52.2 Å². The SMILES string of the molecule is CSc1ccc([C@H](N)c2ccsc2)cc1. The zero-order valence-corrected chi connectivity index (χ0v) is 10.1. The van der Waals surface area contributed by atoms with Crippen LogP contribution < -0.4 is 5.73 Å². The minimum Gasteiger partial charge on any atom is -0.320 e. The summed E-state index contributed by atoms with van der Waals surface area (Å²) in [7, 11) is 0. The molecule has 2 rings (SSSR count). The van der Waals surface area contributed by atoms with Gasteiger partial charge in [-0.15, -0.1) is 11.8 Å². The van der Waals surface area contributed by atoms with Gasteiger partial charge in [0.05, 0.1) is 6.04 Å². The highest BCUT2D eigenvalue weighted by molar-refractivity contribution is 7.98. The quantitative estimate of drug-likeness (QED) is 0.824. The number of thiophene rings is 1. The van der Waals surface area contributed by atoms with Crippen LogP contribution in [0, 0.1) is 0 Å². The van der Waals surface area contributed by atoms with Crippen molar-refractivity contribution in [1.29, 1.82) is 0 Å². The molecule has 0 fully saturated rings. The van der Waals surface area contributed by atoms with Gasteiger partial charge in [-0.1, -0.05) is 12.1 Å². The average molecular weight is 235 g/mol. The predicted molar refractivity (Wildman–Crippen MR) is 68.6 cm³/mol. The van der Waals surface area contributed by atoms with Gasteiger partial charge in [0.25, 0.3) is 0 Å². The molecule has 0 spiro atoms. The first-order valence-corrected chi connectivity index (χ1v) is 6.89. The summed E-state index contributed by atoms with van der Waals surface area (Å²) in [5, 5.41) is 4.17. The van der Waals surface area contributed by atoms with Gasteiger partial charge in [0.1, 0.15) is 0 Å². The molecule has 0 bridgehead atoms. The van der Waals surface area contributed by atoms with Crippen LogP contribution >= 0.6 is 23.1 Å². The van der Waals surface area contributed by atoms with Crippen LogP contribution in [-0.2, 0) is 0 Å². The van der Waals surface area contributed by atoms with E-state index in [-0.39, 0.29) is 6.04 Å². The molecule has 0 aliphatic rings. The van der Waals surface area contributed by atoms with Crippen molar-refractivity contribution in [2.75, 3.05) is 6.26 Å². The minimum atomic E-state index is 0.00663. The molecule has 0 aliphatic carbocycles. The van der Waals surface area contributed by atoms with Crippen LogP contribution in [-0.4, -0.2) is 6.26 Å². The lowest BCUT2D eigenvalue weighted by molar-refractivity contribution is 0.875. The Bertz CT molecular complexity index is 406. The first kappa shape index (κ1) is 10.7. The Labute approximate surface area is 98.3 Å². The van der Waals surface area contributed by atoms with Crippen molar-refractivity contribution >= 4 is 23.1 Å². The molecule has 1 atom stereocenters. The highest BCUT2D eigenvalue weighted by Crippen LogP contribution is 2.23. The number of benzene rings is 1. The summed E-state index contributed by atoms with van der Waals surface area (Å²) in [5.74, 6) is 0. The van der Waals surface area contributed by atoms with Crippen LogP contribution in [0.5, 0.6) is 0 Å². The number of rotatable bonds is 3. The first-order chi connectivity index (χ1) is 7.31. The molecule has 1 aromatic carbocycles. The Morgan fingerprint density at radius 2 is 1.87 bits per heavy atom. The first-order valence-electron chi connectivity index (χ1n) is 4.73. The second kappa shape index (κ2) is 4.84. The van der Waals surface area contributed by atoms with Crippen molar-refractivity contribution < 1.29 is 0 Å². The zero-order valence-electron chi connectivity index (χ0n) is 8.51. The number of hydrogen-bond donors (Lipinski definition) is 1. The Kier molecular flexibility index (Phi) is 3.46. The summed E-state index contributed by atoms with van der Waals surface area (Å²) in [6, 6.07) is 10.5. The molecular formula is C12H13NS2. The Morgan fingerprint density at radius 3 is 2.40 bits per heavy atom. The maximum atomic E-state index is 6.15. The average Bonchev–Trinajstić information content (AvgIpc) is 2.82. The normalized spacial score (nSPS) is 12.7. The lowest BCUT2D eigenvalue weighted by Gasteiger charge is -2.10. The van der Waals surface area contributed by atoms with E-state index < -0.39 is 0 Å². The summed E-state index contributed by atoms with van der Waals surface area (Å²) < 4.78 is 0. The third-order valence-electron chi connectivity index (χ3n) is 2.38. The van der Waals surface area contributed by atoms with Crippen molar-refractivity contribution in [2.24, 2.45) is 5.73 Å². The molecule has 0 amide bonds. The molecule has 1 nitrogen and oxygen atoms in total. The number of hydrogen-bond acceptors (Lipinski definition) is 3. The van der Waals surface area contributed by atoms with E-state index in [2.05, 4.69) is 47.3 Å². The van der Waals surface area contributed by atoms with Gasteiger partial charge in [0, 0.05) is 4.90 Å². The molecule has 0 saturated carbocycles. The third-order valence-corrected chi connectivity index (χ3v) is 3.82. The van der Waals surface area contributed by atoms with Gasteiger partial charge in [-0.05, 0) is 46.3 Å². The summed E-state index contributed by atoms with van der Waals surface area (Å²) in [6.07, 6.45) is 2.08. The van der Waals surface area contributed by atoms with Crippen molar-refractivity contribution in [3.63, 3.8) is 0 Å². The van der Waals surface area contributed by atoms with E-state index in [1.807, 2.05) is 0 Å². The molecule has 1 aromatic heterocycles. The Morgan fingerprint density at radius 1 is 1.13 bits per heavy atom. The lowest BCUT2D eigenvalue weighted by atomic mass is 10.0. The van der Waals surface area contributed by atoms with Crippen molar-refractivity contribution in [3.8, 4) is 0 Å². The molecule has 3 heteroatoms.